The molecular formula is C21H26ClN3O5. The molecule has 0 unspecified atom stereocenters. The molecule has 1 heterocycles. The maximum atomic E-state index is 12.4. The molecule has 0 saturated carbocycles. The van der Waals surface area contributed by atoms with E-state index in [0.717, 1.165) is 0 Å². The summed E-state index contributed by atoms with van der Waals surface area (Å²) in [6.45, 7) is 9.28. The van der Waals surface area contributed by atoms with Crippen molar-refractivity contribution in [2.75, 3.05) is 11.9 Å². The Kier molecular flexibility index (Phi) is 8.00. The Hall–Kier alpha value is -2.87. The summed E-state index contributed by atoms with van der Waals surface area (Å²) in [7, 11) is 0. The first kappa shape index (κ1) is 23.4. The van der Waals surface area contributed by atoms with E-state index in [4.69, 9.17) is 21.1 Å². The number of aryl methyl sites for hydroxylation is 1. The van der Waals surface area contributed by atoms with Crippen LogP contribution in [0.2, 0.25) is 5.15 Å². The molecule has 0 fully saturated rings. The fourth-order valence-electron chi connectivity index (χ4n) is 2.62. The van der Waals surface area contributed by atoms with E-state index >= 15 is 0 Å². The Labute approximate surface area is 180 Å². The zero-order valence-electron chi connectivity index (χ0n) is 17.7. The highest BCUT2D eigenvalue weighted by Gasteiger charge is 2.22. The average Bonchev–Trinajstić information content (AvgIpc) is 2.92. The lowest BCUT2D eigenvalue weighted by atomic mass is 10.2. The number of carbonyl (C=O) groups is 3. The Morgan fingerprint density at radius 3 is 2.30 bits per heavy atom. The topological polar surface area (TPSA) is 99.5 Å². The van der Waals surface area contributed by atoms with Crippen LogP contribution < -0.4 is 5.32 Å². The number of rotatable bonds is 8. The number of esters is 2. The molecule has 0 bridgehead atoms. The first-order chi connectivity index (χ1) is 14.1. The van der Waals surface area contributed by atoms with E-state index in [1.54, 1.807) is 49.7 Å². The van der Waals surface area contributed by atoms with Gasteiger partial charge in [-0.05, 0) is 51.0 Å². The molecule has 0 spiro atoms. The molecule has 1 amide bonds. The van der Waals surface area contributed by atoms with Gasteiger partial charge < -0.3 is 14.8 Å². The lowest BCUT2D eigenvalue weighted by molar-refractivity contribution is -0.119. The highest BCUT2D eigenvalue weighted by atomic mass is 35.5. The van der Waals surface area contributed by atoms with Crippen LogP contribution in [-0.2, 0) is 20.8 Å². The number of hydrogen-bond donors (Lipinski definition) is 1. The summed E-state index contributed by atoms with van der Waals surface area (Å²) in [5, 5.41) is 7.04. The molecule has 0 radical (unpaired) electrons. The first-order valence-electron chi connectivity index (χ1n) is 9.59. The van der Waals surface area contributed by atoms with Gasteiger partial charge in [-0.1, -0.05) is 25.4 Å². The molecular weight excluding hydrogens is 410 g/mol. The summed E-state index contributed by atoms with van der Waals surface area (Å²) in [5.41, 5.74) is 1.42. The number of nitrogens with one attached hydrogen (secondary N) is 1. The van der Waals surface area contributed by atoms with E-state index in [2.05, 4.69) is 10.4 Å². The second-order valence-corrected chi connectivity index (χ2v) is 7.84. The summed E-state index contributed by atoms with van der Waals surface area (Å²) in [6.07, 6.45) is -0.221. The van der Waals surface area contributed by atoms with Gasteiger partial charge in [0.25, 0.3) is 5.91 Å². The quantitative estimate of drug-likeness (QED) is 0.632. The number of ether oxygens (including phenoxy) is 2. The Morgan fingerprint density at radius 2 is 1.73 bits per heavy atom. The molecule has 2 aromatic rings. The van der Waals surface area contributed by atoms with Gasteiger partial charge in [-0.15, -0.1) is 0 Å². The minimum absolute atomic E-state index is 0.151. The van der Waals surface area contributed by atoms with Gasteiger partial charge in [0.15, 0.2) is 6.61 Å². The van der Waals surface area contributed by atoms with Crippen molar-refractivity contribution in [2.24, 2.45) is 5.92 Å². The number of aromatic nitrogens is 2. The Balaban J connectivity index is 1.93. The number of amides is 1. The normalized spacial score (nSPS) is 10.9. The lowest BCUT2D eigenvalue weighted by Crippen LogP contribution is -2.21. The Morgan fingerprint density at radius 1 is 1.10 bits per heavy atom. The van der Waals surface area contributed by atoms with Crippen LogP contribution in [0.1, 0.15) is 54.1 Å². The fraction of sp³-hybridized carbons (Fsp3) is 0.429. The van der Waals surface area contributed by atoms with Crippen LogP contribution in [0, 0.1) is 12.8 Å². The number of hydrogen-bond acceptors (Lipinski definition) is 6. The molecule has 1 aromatic carbocycles. The molecule has 162 valence electrons. The van der Waals surface area contributed by atoms with Crippen LogP contribution in [0.15, 0.2) is 24.3 Å². The highest BCUT2D eigenvalue weighted by Crippen LogP contribution is 2.22. The zero-order valence-corrected chi connectivity index (χ0v) is 18.4. The molecule has 0 aliphatic carbocycles. The SMILES string of the molecule is Cc1nn(CC(C)C)c(Cl)c1C(=O)OCC(=O)Nc1ccc(C(=O)OC(C)C)cc1. The summed E-state index contributed by atoms with van der Waals surface area (Å²) >= 11 is 6.25. The van der Waals surface area contributed by atoms with Crippen molar-refractivity contribution in [3.05, 3.63) is 46.2 Å². The molecule has 2 rings (SSSR count). The predicted molar refractivity (Wildman–Crippen MR) is 113 cm³/mol. The zero-order chi connectivity index (χ0) is 22.4. The van der Waals surface area contributed by atoms with Gasteiger partial charge in [-0.2, -0.15) is 5.10 Å². The number of carbonyl (C=O) groups excluding carboxylic acids is 3. The van der Waals surface area contributed by atoms with E-state index in [1.165, 1.54) is 0 Å². The average molecular weight is 436 g/mol. The minimum atomic E-state index is -0.713. The van der Waals surface area contributed by atoms with Crippen LogP contribution in [-0.4, -0.2) is 40.3 Å². The van der Waals surface area contributed by atoms with Gasteiger partial charge in [-0.25, -0.2) is 9.59 Å². The second-order valence-electron chi connectivity index (χ2n) is 7.48. The summed E-state index contributed by atoms with van der Waals surface area (Å²) in [4.78, 5) is 36.3. The van der Waals surface area contributed by atoms with E-state index in [1.807, 2.05) is 13.8 Å². The largest absolute Gasteiger partial charge is 0.459 e. The smallest absolute Gasteiger partial charge is 0.343 e. The molecule has 0 atom stereocenters. The highest BCUT2D eigenvalue weighted by molar-refractivity contribution is 6.32. The van der Waals surface area contributed by atoms with E-state index in [9.17, 15) is 14.4 Å². The van der Waals surface area contributed by atoms with E-state index < -0.39 is 24.5 Å². The summed E-state index contributed by atoms with van der Waals surface area (Å²) in [5.74, 6) is -1.38. The van der Waals surface area contributed by atoms with Gasteiger partial charge in [0.1, 0.15) is 10.7 Å². The van der Waals surface area contributed by atoms with Gasteiger partial charge in [0.2, 0.25) is 0 Å². The van der Waals surface area contributed by atoms with E-state index in [-0.39, 0.29) is 16.8 Å². The second kappa shape index (κ2) is 10.2. The Bertz CT molecular complexity index is 919. The molecule has 0 aliphatic rings. The summed E-state index contributed by atoms with van der Waals surface area (Å²) in [6, 6.07) is 6.21. The van der Waals surface area contributed by atoms with Crippen molar-refractivity contribution < 1.29 is 23.9 Å². The van der Waals surface area contributed by atoms with Crippen LogP contribution in [0.4, 0.5) is 5.69 Å². The van der Waals surface area contributed by atoms with Gasteiger partial charge >= 0.3 is 11.9 Å². The monoisotopic (exact) mass is 435 g/mol. The molecule has 0 aliphatic heterocycles. The predicted octanol–water partition coefficient (Wildman–Crippen LogP) is 3.86. The number of anilines is 1. The van der Waals surface area contributed by atoms with Gasteiger partial charge in [-0.3, -0.25) is 9.48 Å². The first-order valence-corrected chi connectivity index (χ1v) is 9.97. The molecule has 9 heteroatoms. The molecule has 30 heavy (non-hydrogen) atoms. The third-order valence-corrected chi connectivity index (χ3v) is 4.27. The van der Waals surface area contributed by atoms with Crippen LogP contribution >= 0.6 is 11.6 Å². The van der Waals surface area contributed by atoms with Crippen molar-refractivity contribution in [2.45, 2.75) is 47.3 Å². The van der Waals surface area contributed by atoms with Crippen LogP contribution in [0.25, 0.3) is 0 Å². The lowest BCUT2D eigenvalue weighted by Gasteiger charge is -2.09. The number of nitrogens with zero attached hydrogens (tertiary/aromatic N) is 2. The maximum Gasteiger partial charge on any atom is 0.343 e. The van der Waals surface area contributed by atoms with Crippen molar-refractivity contribution in [3.8, 4) is 0 Å². The van der Waals surface area contributed by atoms with Crippen LogP contribution in [0.5, 0.6) is 0 Å². The number of halogens is 1. The van der Waals surface area contributed by atoms with Crippen molar-refractivity contribution in [1.82, 2.24) is 9.78 Å². The minimum Gasteiger partial charge on any atom is -0.459 e. The van der Waals surface area contributed by atoms with Crippen LogP contribution in [0.3, 0.4) is 0 Å². The van der Waals surface area contributed by atoms with E-state index in [0.29, 0.717) is 29.4 Å². The van der Waals surface area contributed by atoms with Crippen molar-refractivity contribution in [1.29, 1.82) is 0 Å². The molecule has 0 saturated heterocycles. The van der Waals surface area contributed by atoms with Gasteiger partial charge in [0, 0.05) is 12.2 Å². The van der Waals surface area contributed by atoms with Crippen molar-refractivity contribution >= 4 is 35.1 Å². The summed E-state index contributed by atoms with van der Waals surface area (Å²) < 4.78 is 11.7. The van der Waals surface area contributed by atoms with Gasteiger partial charge in [0.05, 0.1) is 17.4 Å². The fourth-order valence-corrected chi connectivity index (χ4v) is 2.94. The van der Waals surface area contributed by atoms with Crippen molar-refractivity contribution in [3.63, 3.8) is 0 Å². The standard InChI is InChI=1S/C21H26ClN3O5/c1-12(2)10-25-19(22)18(14(5)24-25)21(28)29-11-17(26)23-16-8-6-15(7-9-16)20(27)30-13(3)4/h6-9,12-13H,10-11H2,1-5H3,(H,23,26). The third-order valence-electron chi connectivity index (χ3n) is 3.89. The molecule has 8 nitrogen and oxygen atoms in total. The molecule has 1 N–H and O–H groups in total. The number of benzene rings is 1. The molecule has 1 aromatic heterocycles. The third kappa shape index (κ3) is 6.32. The maximum absolute atomic E-state index is 12.4.